The molecule has 29 heavy (non-hydrogen) atoms. The van der Waals surface area contributed by atoms with Gasteiger partial charge in [-0.25, -0.2) is 4.79 Å². The zero-order chi connectivity index (χ0) is 21.6. The van der Waals surface area contributed by atoms with Crippen LogP contribution in [0, 0.1) is 5.92 Å². The topological polar surface area (TPSA) is 96.0 Å². The van der Waals surface area contributed by atoms with Crippen LogP contribution in [0.2, 0.25) is 0 Å². The molecule has 8 heteroatoms. The van der Waals surface area contributed by atoms with Crippen molar-refractivity contribution in [1.82, 2.24) is 15.1 Å². The summed E-state index contributed by atoms with van der Waals surface area (Å²) >= 11 is 0. The Morgan fingerprint density at radius 3 is 2.45 bits per heavy atom. The molecule has 2 atom stereocenters. The Bertz CT molecular complexity index is 657. The lowest BCUT2D eigenvalue weighted by Gasteiger charge is -2.31. The fourth-order valence-corrected chi connectivity index (χ4v) is 3.71. The molecule has 0 unspecified atom stereocenters. The summed E-state index contributed by atoms with van der Waals surface area (Å²) in [6.45, 7) is 6.07. The lowest BCUT2D eigenvalue weighted by molar-refractivity contribution is -0.160. The Labute approximate surface area is 172 Å². The van der Waals surface area contributed by atoms with Crippen molar-refractivity contribution in [3.05, 3.63) is 11.6 Å². The van der Waals surface area contributed by atoms with E-state index in [9.17, 15) is 19.2 Å². The SMILES string of the molecule is C/C(=C\[C@H](C(C)C)N(C)C(=O)CNC=O)C(=O)N1CCC[C@H]1C(=O)OC1CCC1. The first kappa shape index (κ1) is 22.9. The second-order valence-electron chi connectivity index (χ2n) is 8.23. The first-order chi connectivity index (χ1) is 13.8. The molecular weight excluding hydrogens is 374 g/mol. The second-order valence-corrected chi connectivity index (χ2v) is 8.23. The van der Waals surface area contributed by atoms with Crippen LogP contribution >= 0.6 is 0 Å². The van der Waals surface area contributed by atoms with E-state index in [-0.39, 0.29) is 42.4 Å². The fraction of sp³-hybridized carbons (Fsp3) is 0.714. The number of likely N-dealkylation sites (N-methyl/N-ethyl adjacent to an activating group) is 1. The molecule has 8 nitrogen and oxygen atoms in total. The van der Waals surface area contributed by atoms with E-state index in [1.54, 1.807) is 24.9 Å². The van der Waals surface area contributed by atoms with Crippen molar-refractivity contribution in [3.63, 3.8) is 0 Å². The van der Waals surface area contributed by atoms with Gasteiger partial charge in [-0.05, 0) is 44.9 Å². The third kappa shape index (κ3) is 5.81. The molecule has 0 spiro atoms. The molecule has 0 radical (unpaired) electrons. The Hall–Kier alpha value is -2.38. The number of nitrogens with zero attached hydrogens (tertiary/aromatic N) is 2. The second kappa shape index (κ2) is 10.4. The molecule has 1 aliphatic carbocycles. The number of nitrogens with one attached hydrogen (secondary N) is 1. The summed E-state index contributed by atoms with van der Waals surface area (Å²) in [7, 11) is 1.66. The van der Waals surface area contributed by atoms with E-state index in [0.29, 0.717) is 24.9 Å². The van der Waals surface area contributed by atoms with Gasteiger partial charge in [0.05, 0.1) is 12.6 Å². The molecule has 162 valence electrons. The molecular formula is C21H33N3O5. The summed E-state index contributed by atoms with van der Waals surface area (Å²) in [6, 6.07) is -0.831. The highest BCUT2D eigenvalue weighted by atomic mass is 16.5. The smallest absolute Gasteiger partial charge is 0.329 e. The third-order valence-electron chi connectivity index (χ3n) is 5.74. The minimum absolute atomic E-state index is 0.00153. The van der Waals surface area contributed by atoms with Crippen molar-refractivity contribution in [2.75, 3.05) is 20.1 Å². The average Bonchev–Trinajstić information content (AvgIpc) is 3.15. The van der Waals surface area contributed by atoms with Crippen LogP contribution in [0.3, 0.4) is 0 Å². The van der Waals surface area contributed by atoms with Gasteiger partial charge in [0, 0.05) is 19.2 Å². The summed E-state index contributed by atoms with van der Waals surface area (Å²) in [6.07, 6.45) is 6.54. The quantitative estimate of drug-likeness (QED) is 0.353. The lowest BCUT2D eigenvalue weighted by Crippen LogP contribution is -2.45. The number of carbonyl (C=O) groups excluding carboxylic acids is 4. The van der Waals surface area contributed by atoms with Gasteiger partial charge in [-0.2, -0.15) is 0 Å². The number of hydrogen-bond donors (Lipinski definition) is 1. The summed E-state index contributed by atoms with van der Waals surface area (Å²) < 4.78 is 5.52. The van der Waals surface area contributed by atoms with Gasteiger partial charge in [-0.1, -0.05) is 19.9 Å². The van der Waals surface area contributed by atoms with Gasteiger partial charge in [0.1, 0.15) is 12.1 Å². The van der Waals surface area contributed by atoms with Crippen molar-refractivity contribution >= 4 is 24.2 Å². The van der Waals surface area contributed by atoms with Crippen LogP contribution in [-0.4, -0.2) is 72.3 Å². The maximum Gasteiger partial charge on any atom is 0.329 e. The van der Waals surface area contributed by atoms with Gasteiger partial charge in [0.2, 0.25) is 18.2 Å². The van der Waals surface area contributed by atoms with Crippen LogP contribution in [0.25, 0.3) is 0 Å². The van der Waals surface area contributed by atoms with Crippen LogP contribution in [-0.2, 0) is 23.9 Å². The zero-order valence-corrected chi connectivity index (χ0v) is 17.8. The number of carbonyl (C=O) groups is 4. The maximum absolute atomic E-state index is 13.0. The van der Waals surface area contributed by atoms with E-state index in [2.05, 4.69) is 5.32 Å². The summed E-state index contributed by atoms with van der Waals surface area (Å²) in [4.78, 5) is 51.4. The van der Waals surface area contributed by atoms with Crippen molar-refractivity contribution in [1.29, 1.82) is 0 Å². The highest BCUT2D eigenvalue weighted by molar-refractivity contribution is 5.96. The predicted molar refractivity (Wildman–Crippen MR) is 108 cm³/mol. The largest absolute Gasteiger partial charge is 0.461 e. The van der Waals surface area contributed by atoms with E-state index in [0.717, 1.165) is 25.7 Å². The van der Waals surface area contributed by atoms with E-state index in [1.807, 2.05) is 13.8 Å². The van der Waals surface area contributed by atoms with Gasteiger partial charge in [-0.15, -0.1) is 0 Å². The van der Waals surface area contributed by atoms with Crippen LogP contribution in [0.4, 0.5) is 0 Å². The molecule has 3 amide bonds. The molecule has 2 aliphatic rings. The number of ether oxygens (including phenoxy) is 1. The summed E-state index contributed by atoms with van der Waals surface area (Å²) in [5, 5.41) is 2.37. The number of rotatable bonds is 9. The lowest BCUT2D eigenvalue weighted by atomic mass is 9.96. The van der Waals surface area contributed by atoms with Crippen molar-refractivity contribution < 1.29 is 23.9 Å². The molecule has 1 saturated heterocycles. The standard InChI is InChI=1S/C21H33N3O5/c1-14(2)18(23(4)19(26)12-22-13-25)11-15(3)20(27)24-10-6-9-17(24)21(28)29-16-7-5-8-16/h11,13-14,16-18H,5-10,12H2,1-4H3,(H,22,25)/b15-11+/t17-,18+/m0/s1. The van der Waals surface area contributed by atoms with E-state index >= 15 is 0 Å². The Morgan fingerprint density at radius 1 is 1.21 bits per heavy atom. The molecule has 0 bridgehead atoms. The van der Waals surface area contributed by atoms with E-state index < -0.39 is 6.04 Å². The first-order valence-electron chi connectivity index (χ1n) is 10.4. The highest BCUT2D eigenvalue weighted by Crippen LogP contribution is 2.26. The molecule has 1 saturated carbocycles. The fourth-order valence-electron chi connectivity index (χ4n) is 3.71. The first-order valence-corrected chi connectivity index (χ1v) is 10.4. The predicted octanol–water partition coefficient (Wildman–Crippen LogP) is 1.25. The molecule has 0 aromatic heterocycles. The van der Waals surface area contributed by atoms with Gasteiger partial charge in [-0.3, -0.25) is 14.4 Å². The summed E-state index contributed by atoms with van der Waals surface area (Å²) in [5.41, 5.74) is 0.495. The van der Waals surface area contributed by atoms with Crippen LogP contribution in [0.5, 0.6) is 0 Å². The van der Waals surface area contributed by atoms with E-state index in [4.69, 9.17) is 4.74 Å². The molecule has 1 heterocycles. The average molecular weight is 408 g/mol. The monoisotopic (exact) mass is 407 g/mol. The molecule has 0 aromatic rings. The van der Waals surface area contributed by atoms with Gasteiger partial charge in [0.15, 0.2) is 0 Å². The number of amides is 3. The minimum atomic E-state index is -0.528. The Morgan fingerprint density at radius 2 is 1.90 bits per heavy atom. The van der Waals surface area contributed by atoms with E-state index in [1.165, 1.54) is 4.90 Å². The zero-order valence-electron chi connectivity index (χ0n) is 17.8. The highest BCUT2D eigenvalue weighted by Gasteiger charge is 2.37. The molecule has 1 aliphatic heterocycles. The molecule has 2 fully saturated rings. The van der Waals surface area contributed by atoms with Crippen LogP contribution in [0.1, 0.15) is 52.9 Å². The Kier molecular flexibility index (Phi) is 8.22. The van der Waals surface area contributed by atoms with Gasteiger partial charge in [0.25, 0.3) is 0 Å². The minimum Gasteiger partial charge on any atom is -0.461 e. The molecule has 0 aromatic carbocycles. The normalized spacial score (nSPS) is 20.8. The third-order valence-corrected chi connectivity index (χ3v) is 5.74. The van der Waals surface area contributed by atoms with Crippen molar-refractivity contribution in [3.8, 4) is 0 Å². The number of hydrogen-bond acceptors (Lipinski definition) is 5. The van der Waals surface area contributed by atoms with Crippen molar-refractivity contribution in [2.45, 2.75) is 71.1 Å². The van der Waals surface area contributed by atoms with Crippen LogP contribution < -0.4 is 5.32 Å². The van der Waals surface area contributed by atoms with Gasteiger partial charge < -0.3 is 19.9 Å². The number of likely N-dealkylation sites (tertiary alicyclic amines) is 1. The summed E-state index contributed by atoms with van der Waals surface area (Å²) in [5.74, 6) is -0.673. The molecule has 1 N–H and O–H groups in total. The van der Waals surface area contributed by atoms with Crippen molar-refractivity contribution in [2.24, 2.45) is 5.92 Å². The Balaban J connectivity index is 2.07. The molecule has 2 rings (SSSR count). The number of esters is 1. The maximum atomic E-state index is 13.0. The van der Waals surface area contributed by atoms with Gasteiger partial charge >= 0.3 is 5.97 Å². The van der Waals surface area contributed by atoms with Crippen LogP contribution in [0.15, 0.2) is 11.6 Å².